The molecule has 2 aromatic carbocycles. The summed E-state index contributed by atoms with van der Waals surface area (Å²) in [5, 5.41) is 22.2. The van der Waals surface area contributed by atoms with Crippen LogP contribution in [0.5, 0.6) is 0 Å². The van der Waals surface area contributed by atoms with Crippen LogP contribution in [-0.2, 0) is 6.42 Å². The van der Waals surface area contributed by atoms with Crippen LogP contribution < -0.4 is 10.9 Å². The Morgan fingerprint density at radius 2 is 1.88 bits per heavy atom. The second kappa shape index (κ2) is 11.3. The van der Waals surface area contributed by atoms with Gasteiger partial charge in [0.1, 0.15) is 0 Å². The van der Waals surface area contributed by atoms with Crippen LogP contribution in [0.1, 0.15) is 79.3 Å². The van der Waals surface area contributed by atoms with Crippen LogP contribution in [0.15, 0.2) is 36.4 Å². The molecule has 0 bridgehead atoms. The molecule has 0 spiro atoms. The van der Waals surface area contributed by atoms with E-state index in [0.29, 0.717) is 12.0 Å². The van der Waals surface area contributed by atoms with Crippen LogP contribution >= 0.6 is 0 Å². The van der Waals surface area contributed by atoms with Crippen molar-refractivity contribution >= 4 is 30.4 Å². The monoisotopic (exact) mass is 467 g/mol. The predicted molar refractivity (Wildman–Crippen MR) is 134 cm³/mol. The molecule has 1 unspecified atom stereocenters. The number of aryl methyl sites for hydroxylation is 1. The van der Waals surface area contributed by atoms with Gasteiger partial charge < -0.3 is 5.02 Å². The van der Waals surface area contributed by atoms with E-state index in [0.717, 1.165) is 24.0 Å². The highest BCUT2D eigenvalue weighted by molar-refractivity contribution is 6.45. The van der Waals surface area contributed by atoms with Crippen LogP contribution in [0.4, 0.5) is 5.69 Å². The number of nitro benzene ring substituents is 1. The van der Waals surface area contributed by atoms with Crippen molar-refractivity contribution in [2.75, 3.05) is 0 Å². The summed E-state index contributed by atoms with van der Waals surface area (Å²) >= 11 is 0. The van der Waals surface area contributed by atoms with Crippen molar-refractivity contribution in [2.24, 2.45) is 5.41 Å². The Balaban J connectivity index is 2.55. The lowest BCUT2D eigenvalue weighted by atomic mass is 9.84. The highest BCUT2D eigenvalue weighted by Gasteiger charge is 2.35. The van der Waals surface area contributed by atoms with Gasteiger partial charge in [0.15, 0.2) is 0 Å². The second-order valence-corrected chi connectivity index (χ2v) is 9.55. The van der Waals surface area contributed by atoms with Crippen LogP contribution in [0, 0.1) is 22.5 Å². The molecule has 2 amide bonds. The highest BCUT2D eigenvalue weighted by Crippen LogP contribution is 2.28. The van der Waals surface area contributed by atoms with E-state index in [1.54, 1.807) is 6.07 Å². The van der Waals surface area contributed by atoms with E-state index in [2.05, 4.69) is 12.3 Å². The zero-order valence-electron chi connectivity index (χ0n) is 20.8. The van der Waals surface area contributed by atoms with E-state index in [4.69, 9.17) is 0 Å². The number of nitrogens with one attached hydrogen (secondary N) is 1. The predicted octanol–water partition coefficient (Wildman–Crippen LogP) is 3.44. The third kappa shape index (κ3) is 6.23. The fourth-order valence-electron chi connectivity index (χ4n) is 4.22. The molecule has 2 N–H and O–H groups in total. The standard InChI is InChI=1S/C25H34BN3O5/c1-7-10-17-11-9-12-21(16(17)3)23(30)27-28(22(8-2)25(4,5)6)24(31)18-13-19(26-32)15-20(14-18)29(33)34/h9,11-15,22,26,32H,7-8,10H2,1-6H3,(H,27,30). The van der Waals surface area contributed by atoms with E-state index < -0.39 is 29.6 Å². The van der Waals surface area contributed by atoms with Crippen molar-refractivity contribution in [1.29, 1.82) is 0 Å². The van der Waals surface area contributed by atoms with Gasteiger partial charge in [0.2, 0.25) is 0 Å². The molecule has 182 valence electrons. The Labute approximate surface area is 201 Å². The number of benzene rings is 2. The third-order valence-electron chi connectivity index (χ3n) is 5.97. The summed E-state index contributed by atoms with van der Waals surface area (Å²) < 4.78 is 0. The molecule has 2 rings (SSSR count). The number of hydrogen-bond donors (Lipinski definition) is 2. The topological polar surface area (TPSA) is 113 Å². The molecule has 8 nitrogen and oxygen atoms in total. The van der Waals surface area contributed by atoms with Crippen molar-refractivity contribution < 1.29 is 19.5 Å². The average molecular weight is 467 g/mol. The van der Waals surface area contributed by atoms with Gasteiger partial charge in [-0.2, -0.15) is 0 Å². The molecule has 0 aliphatic carbocycles. The first-order valence-electron chi connectivity index (χ1n) is 11.6. The SMILES string of the molecule is CCCc1cccc(C(=O)NN(C(=O)c2cc(BO)cc([N+](=O)[O-])c2)C(CC)C(C)(C)C)c1C. The van der Waals surface area contributed by atoms with E-state index >= 15 is 0 Å². The number of carbonyl (C=O) groups is 2. The zero-order valence-corrected chi connectivity index (χ0v) is 20.8. The van der Waals surface area contributed by atoms with Gasteiger partial charge >= 0.3 is 7.48 Å². The number of nitro groups is 1. The summed E-state index contributed by atoms with van der Waals surface area (Å²) in [6.07, 6.45) is 2.33. The summed E-state index contributed by atoms with van der Waals surface area (Å²) in [5.41, 5.74) is 4.78. The molecule has 1 atom stereocenters. The van der Waals surface area contributed by atoms with Crippen LogP contribution in [-0.4, -0.2) is 40.3 Å². The Morgan fingerprint density at radius 1 is 1.21 bits per heavy atom. The summed E-state index contributed by atoms with van der Waals surface area (Å²) in [7, 11) is -0.450. The molecule has 2 aromatic rings. The van der Waals surface area contributed by atoms with Gasteiger partial charge in [0, 0.05) is 23.3 Å². The molecule has 34 heavy (non-hydrogen) atoms. The van der Waals surface area contributed by atoms with Crippen molar-refractivity contribution in [3.05, 3.63) is 68.8 Å². The first-order chi connectivity index (χ1) is 15.9. The Hall–Kier alpha value is -3.20. The molecular formula is C25H34BN3O5. The van der Waals surface area contributed by atoms with Gasteiger partial charge in [-0.05, 0) is 47.8 Å². The van der Waals surface area contributed by atoms with Crippen LogP contribution in [0.2, 0.25) is 0 Å². The minimum Gasteiger partial charge on any atom is -0.449 e. The molecular weight excluding hydrogens is 433 g/mol. The number of hydrazine groups is 1. The largest absolute Gasteiger partial charge is 0.449 e. The van der Waals surface area contributed by atoms with Gasteiger partial charge in [0.25, 0.3) is 17.5 Å². The summed E-state index contributed by atoms with van der Waals surface area (Å²) in [5.74, 6) is -0.991. The molecule has 0 aromatic heterocycles. The first kappa shape index (κ1) is 27.1. The first-order valence-corrected chi connectivity index (χ1v) is 11.6. The molecule has 0 radical (unpaired) electrons. The maximum Gasteiger partial charge on any atom is 0.305 e. The van der Waals surface area contributed by atoms with Gasteiger partial charge in [-0.1, -0.05) is 59.2 Å². The lowest BCUT2D eigenvalue weighted by Crippen LogP contribution is -2.56. The number of non-ortho nitro benzene ring substituents is 1. The molecule has 0 saturated heterocycles. The van der Waals surface area contributed by atoms with Gasteiger partial charge in [-0.3, -0.25) is 25.1 Å². The Morgan fingerprint density at radius 3 is 2.41 bits per heavy atom. The zero-order chi connectivity index (χ0) is 25.6. The normalized spacial score (nSPS) is 12.1. The summed E-state index contributed by atoms with van der Waals surface area (Å²) in [6.45, 7) is 11.8. The number of rotatable bonds is 8. The van der Waals surface area contributed by atoms with Crippen molar-refractivity contribution in [3.63, 3.8) is 0 Å². The molecule has 0 aliphatic rings. The Kier molecular flexibility index (Phi) is 8.98. The van der Waals surface area contributed by atoms with E-state index in [1.807, 2.05) is 46.8 Å². The second-order valence-electron chi connectivity index (χ2n) is 9.55. The minimum absolute atomic E-state index is 0.0257. The maximum absolute atomic E-state index is 13.7. The van der Waals surface area contributed by atoms with E-state index in [-0.39, 0.29) is 22.8 Å². The smallest absolute Gasteiger partial charge is 0.305 e. The quantitative estimate of drug-likeness (QED) is 0.351. The fourth-order valence-corrected chi connectivity index (χ4v) is 4.22. The average Bonchev–Trinajstić information content (AvgIpc) is 2.78. The fraction of sp³-hybridized carbons (Fsp3) is 0.440. The molecule has 0 saturated carbocycles. The lowest BCUT2D eigenvalue weighted by molar-refractivity contribution is -0.384. The van der Waals surface area contributed by atoms with E-state index in [9.17, 15) is 24.7 Å². The summed E-state index contributed by atoms with van der Waals surface area (Å²) in [4.78, 5) is 37.8. The highest BCUT2D eigenvalue weighted by atomic mass is 16.6. The van der Waals surface area contributed by atoms with Crippen molar-refractivity contribution in [3.8, 4) is 0 Å². The summed E-state index contributed by atoms with van der Waals surface area (Å²) in [6, 6.07) is 8.96. The van der Waals surface area contributed by atoms with Gasteiger partial charge in [-0.15, -0.1) is 0 Å². The Bertz CT molecular complexity index is 1070. The number of amides is 2. The van der Waals surface area contributed by atoms with Gasteiger partial charge in [-0.25, -0.2) is 5.01 Å². The maximum atomic E-state index is 13.7. The number of nitrogens with zero attached hydrogens (tertiary/aromatic N) is 2. The van der Waals surface area contributed by atoms with Crippen molar-refractivity contribution in [2.45, 2.75) is 66.8 Å². The van der Waals surface area contributed by atoms with Gasteiger partial charge in [0.05, 0.1) is 11.0 Å². The lowest BCUT2D eigenvalue weighted by Gasteiger charge is -2.39. The molecule has 0 aliphatic heterocycles. The van der Waals surface area contributed by atoms with E-state index in [1.165, 1.54) is 23.2 Å². The van der Waals surface area contributed by atoms with Crippen LogP contribution in [0.25, 0.3) is 0 Å². The molecule has 0 heterocycles. The minimum atomic E-state index is -0.609. The van der Waals surface area contributed by atoms with Crippen molar-refractivity contribution in [1.82, 2.24) is 10.4 Å². The van der Waals surface area contributed by atoms with Crippen LogP contribution in [0.3, 0.4) is 0 Å². The number of hydrogen-bond acceptors (Lipinski definition) is 5. The third-order valence-corrected chi connectivity index (χ3v) is 5.97. The molecule has 0 fully saturated rings. The number of carbonyl (C=O) groups excluding carboxylic acids is 2. The molecule has 9 heteroatoms.